The number of urea groups is 1. The number of hydrogen-bond acceptors (Lipinski definition) is 5. The summed E-state index contributed by atoms with van der Waals surface area (Å²) >= 11 is 3.23. The van der Waals surface area contributed by atoms with Crippen LogP contribution in [0.4, 0.5) is 4.79 Å². The molecule has 2 N–H and O–H groups in total. The van der Waals surface area contributed by atoms with Crippen LogP contribution in [0.1, 0.15) is 16.7 Å². The molecular formula is C15H19N3O2S2. The summed E-state index contributed by atoms with van der Waals surface area (Å²) in [6.45, 7) is 4.11. The van der Waals surface area contributed by atoms with Crippen LogP contribution in [0.2, 0.25) is 0 Å². The maximum Gasteiger partial charge on any atom is 0.321 e. The molecule has 0 atom stereocenters. The first kappa shape index (κ1) is 16.7. The molecule has 22 heavy (non-hydrogen) atoms. The number of hydrogen-bond donors (Lipinski definition) is 2. The molecule has 2 aromatic rings. The Kier molecular flexibility index (Phi) is 6.57. The standard InChI is InChI=1S/C15H19N3O2S2/c1-2-18(10-13-6-4-8-22-13)11-14(19)17-15(20)16-9-12-5-3-7-21-12/h3-8H,2,9-11H2,1H3,(H2,16,17,19,20). The predicted octanol–water partition coefficient (Wildman–Crippen LogP) is 2.66. The van der Waals surface area contributed by atoms with Gasteiger partial charge in [-0.2, -0.15) is 0 Å². The summed E-state index contributed by atoms with van der Waals surface area (Å²) in [6, 6.07) is 7.44. The van der Waals surface area contributed by atoms with E-state index in [2.05, 4.69) is 10.6 Å². The van der Waals surface area contributed by atoms with Gasteiger partial charge in [0.1, 0.15) is 0 Å². The maximum absolute atomic E-state index is 11.9. The van der Waals surface area contributed by atoms with Gasteiger partial charge in [0.25, 0.3) is 0 Å². The zero-order valence-electron chi connectivity index (χ0n) is 12.4. The third kappa shape index (κ3) is 5.59. The number of nitrogens with one attached hydrogen (secondary N) is 2. The van der Waals surface area contributed by atoms with E-state index >= 15 is 0 Å². The summed E-state index contributed by atoms with van der Waals surface area (Å²) in [4.78, 5) is 27.8. The highest BCUT2D eigenvalue weighted by molar-refractivity contribution is 7.10. The minimum absolute atomic E-state index is 0.209. The first-order valence-electron chi connectivity index (χ1n) is 7.02. The molecule has 7 heteroatoms. The monoisotopic (exact) mass is 337 g/mol. The topological polar surface area (TPSA) is 61.4 Å². The molecule has 0 aromatic carbocycles. The number of rotatable bonds is 7. The molecule has 2 aromatic heterocycles. The first-order valence-corrected chi connectivity index (χ1v) is 8.78. The molecular weight excluding hydrogens is 318 g/mol. The number of carbonyl (C=O) groups is 2. The predicted molar refractivity (Wildman–Crippen MR) is 90.0 cm³/mol. The molecule has 118 valence electrons. The number of carbonyl (C=O) groups excluding carboxylic acids is 2. The van der Waals surface area contributed by atoms with Crippen LogP contribution in [-0.2, 0) is 17.9 Å². The van der Waals surface area contributed by atoms with Gasteiger partial charge >= 0.3 is 6.03 Å². The van der Waals surface area contributed by atoms with E-state index in [9.17, 15) is 9.59 Å². The summed E-state index contributed by atoms with van der Waals surface area (Å²) in [5, 5.41) is 9.00. The van der Waals surface area contributed by atoms with Crippen molar-refractivity contribution in [2.75, 3.05) is 13.1 Å². The second kappa shape index (κ2) is 8.67. The number of nitrogens with zero attached hydrogens (tertiary/aromatic N) is 1. The third-order valence-corrected chi connectivity index (χ3v) is 4.77. The van der Waals surface area contributed by atoms with Gasteiger partial charge in [-0.1, -0.05) is 19.1 Å². The van der Waals surface area contributed by atoms with Gasteiger partial charge in [0.05, 0.1) is 13.1 Å². The van der Waals surface area contributed by atoms with Crippen molar-refractivity contribution in [3.8, 4) is 0 Å². The molecule has 0 unspecified atom stereocenters. The number of likely N-dealkylation sites (N-methyl/N-ethyl adjacent to an activating group) is 1. The van der Waals surface area contributed by atoms with Crippen LogP contribution in [0.15, 0.2) is 35.0 Å². The molecule has 0 aliphatic heterocycles. The average molecular weight is 337 g/mol. The summed E-state index contributed by atoms with van der Waals surface area (Å²) in [5.74, 6) is -0.290. The summed E-state index contributed by atoms with van der Waals surface area (Å²) in [7, 11) is 0. The van der Waals surface area contributed by atoms with Crippen LogP contribution in [0.25, 0.3) is 0 Å². The molecule has 2 rings (SSSR count). The number of amides is 3. The Hall–Kier alpha value is -1.70. The van der Waals surface area contributed by atoms with Crippen molar-refractivity contribution in [3.05, 3.63) is 44.8 Å². The van der Waals surface area contributed by atoms with Crippen LogP contribution in [-0.4, -0.2) is 29.9 Å². The third-order valence-electron chi connectivity index (χ3n) is 3.03. The molecule has 5 nitrogen and oxygen atoms in total. The molecule has 2 heterocycles. The normalized spacial score (nSPS) is 10.6. The van der Waals surface area contributed by atoms with E-state index in [1.165, 1.54) is 4.88 Å². The molecule has 0 bridgehead atoms. The zero-order valence-corrected chi connectivity index (χ0v) is 14.0. The minimum atomic E-state index is -0.453. The molecule has 0 spiro atoms. The van der Waals surface area contributed by atoms with E-state index in [0.29, 0.717) is 6.54 Å². The first-order chi connectivity index (χ1) is 10.7. The van der Waals surface area contributed by atoms with Crippen LogP contribution < -0.4 is 10.6 Å². The van der Waals surface area contributed by atoms with Gasteiger partial charge in [0, 0.05) is 16.3 Å². The fourth-order valence-corrected chi connectivity index (χ4v) is 3.29. The molecule has 0 aliphatic carbocycles. The Morgan fingerprint density at radius 3 is 2.41 bits per heavy atom. The Balaban J connectivity index is 1.72. The highest BCUT2D eigenvalue weighted by atomic mass is 32.1. The van der Waals surface area contributed by atoms with Gasteiger partial charge < -0.3 is 5.32 Å². The Labute approximate surface area is 138 Å². The maximum atomic E-state index is 11.9. The SMILES string of the molecule is CCN(CC(=O)NC(=O)NCc1cccs1)Cc1cccs1. The van der Waals surface area contributed by atoms with Crippen molar-refractivity contribution in [2.45, 2.75) is 20.0 Å². The highest BCUT2D eigenvalue weighted by Crippen LogP contribution is 2.11. The van der Waals surface area contributed by atoms with E-state index in [1.54, 1.807) is 22.7 Å². The highest BCUT2D eigenvalue weighted by Gasteiger charge is 2.12. The summed E-state index contributed by atoms with van der Waals surface area (Å²) in [5.41, 5.74) is 0. The van der Waals surface area contributed by atoms with Gasteiger partial charge in [-0.05, 0) is 29.4 Å². The Morgan fingerprint density at radius 1 is 1.14 bits per heavy atom. The quantitative estimate of drug-likeness (QED) is 0.816. The summed E-state index contributed by atoms with van der Waals surface area (Å²) < 4.78 is 0. The van der Waals surface area contributed by atoms with Gasteiger partial charge in [0.15, 0.2) is 0 Å². The second-order valence-corrected chi connectivity index (χ2v) is 6.76. The Bertz CT molecular complexity index is 582. The molecule has 0 radical (unpaired) electrons. The van der Waals surface area contributed by atoms with Gasteiger partial charge in [-0.25, -0.2) is 4.79 Å². The van der Waals surface area contributed by atoms with Crippen LogP contribution in [0, 0.1) is 0 Å². The number of thiophene rings is 2. The molecule has 0 saturated carbocycles. The van der Waals surface area contributed by atoms with Crippen molar-refractivity contribution in [1.82, 2.24) is 15.5 Å². The lowest BCUT2D eigenvalue weighted by Gasteiger charge is -2.18. The molecule has 0 fully saturated rings. The minimum Gasteiger partial charge on any atom is -0.333 e. The van der Waals surface area contributed by atoms with Gasteiger partial charge in [-0.3, -0.25) is 15.0 Å². The van der Waals surface area contributed by atoms with Gasteiger partial charge in [0.2, 0.25) is 5.91 Å². The van der Waals surface area contributed by atoms with Crippen molar-refractivity contribution in [3.63, 3.8) is 0 Å². The van der Waals surface area contributed by atoms with Crippen molar-refractivity contribution in [1.29, 1.82) is 0 Å². The van der Waals surface area contributed by atoms with Crippen molar-refractivity contribution in [2.24, 2.45) is 0 Å². The second-order valence-electron chi connectivity index (χ2n) is 4.69. The van der Waals surface area contributed by atoms with E-state index < -0.39 is 6.03 Å². The molecule has 0 saturated heterocycles. The van der Waals surface area contributed by atoms with Crippen LogP contribution in [0.3, 0.4) is 0 Å². The van der Waals surface area contributed by atoms with E-state index in [-0.39, 0.29) is 12.5 Å². The van der Waals surface area contributed by atoms with Gasteiger partial charge in [-0.15, -0.1) is 22.7 Å². The smallest absolute Gasteiger partial charge is 0.321 e. The van der Waals surface area contributed by atoms with Crippen LogP contribution in [0.5, 0.6) is 0 Å². The molecule has 0 aliphatic rings. The fraction of sp³-hybridized carbons (Fsp3) is 0.333. The van der Waals surface area contributed by atoms with E-state index in [1.807, 2.05) is 46.8 Å². The average Bonchev–Trinajstić information content (AvgIpc) is 3.17. The molecule has 3 amide bonds. The lowest BCUT2D eigenvalue weighted by molar-refractivity contribution is -0.121. The fourth-order valence-electron chi connectivity index (χ4n) is 1.90. The largest absolute Gasteiger partial charge is 0.333 e. The van der Waals surface area contributed by atoms with Crippen molar-refractivity contribution >= 4 is 34.6 Å². The van der Waals surface area contributed by atoms with E-state index in [0.717, 1.165) is 18.0 Å². The van der Waals surface area contributed by atoms with E-state index in [4.69, 9.17) is 0 Å². The Morgan fingerprint density at radius 2 is 1.82 bits per heavy atom. The summed E-state index contributed by atoms with van der Waals surface area (Å²) in [6.07, 6.45) is 0. The lowest BCUT2D eigenvalue weighted by Crippen LogP contribution is -2.44. The van der Waals surface area contributed by atoms with Crippen molar-refractivity contribution < 1.29 is 9.59 Å². The number of imide groups is 1. The zero-order chi connectivity index (χ0) is 15.8. The lowest BCUT2D eigenvalue weighted by atomic mass is 10.4. The van der Waals surface area contributed by atoms with Crippen LogP contribution >= 0.6 is 22.7 Å².